The molecule has 82 valence electrons. The molecule has 0 saturated carbocycles. The van der Waals surface area contributed by atoms with E-state index in [4.69, 9.17) is 23.2 Å². The Hall–Kier alpha value is 0.0195. The first-order chi connectivity index (χ1) is 7.66. The van der Waals surface area contributed by atoms with Gasteiger partial charge in [0.2, 0.25) is 0 Å². The Morgan fingerprint density at radius 1 is 0.875 bits per heavy atom. The van der Waals surface area contributed by atoms with E-state index in [-0.39, 0.29) is 15.0 Å². The predicted molar refractivity (Wildman–Crippen MR) is 75.6 cm³/mol. The quantitative estimate of drug-likeness (QED) is 0.700. The van der Waals surface area contributed by atoms with Crippen LogP contribution in [-0.2, 0) is 0 Å². The van der Waals surface area contributed by atoms with Crippen molar-refractivity contribution in [2.75, 3.05) is 0 Å². The first-order valence-corrected chi connectivity index (χ1v) is 7.80. The van der Waals surface area contributed by atoms with Gasteiger partial charge < -0.3 is 0 Å². The summed E-state index contributed by atoms with van der Waals surface area (Å²) >= 11 is 15.8. The minimum atomic E-state index is 0.149. The zero-order valence-electron chi connectivity index (χ0n) is 8.08. The molecule has 0 N–H and O–H groups in total. The second-order valence-electron chi connectivity index (χ2n) is 3.11. The number of benzene rings is 2. The third-order valence-corrected chi connectivity index (χ3v) is 6.04. The molecule has 0 radical (unpaired) electrons. The van der Waals surface area contributed by atoms with Crippen LogP contribution in [0, 0.1) is 0 Å². The van der Waals surface area contributed by atoms with Crippen molar-refractivity contribution >= 4 is 63.0 Å². The summed E-state index contributed by atoms with van der Waals surface area (Å²) in [5, 5.41) is 1.49. The fourth-order valence-electron chi connectivity index (χ4n) is 1.20. The maximum absolute atomic E-state index is 6.13. The van der Waals surface area contributed by atoms with Crippen molar-refractivity contribution in [1.29, 1.82) is 0 Å². The molecule has 0 aliphatic rings. The molecule has 0 nitrogen and oxygen atoms in total. The van der Waals surface area contributed by atoms with E-state index < -0.39 is 0 Å². The fraction of sp³-hybridized carbons (Fsp3) is 0. The van der Waals surface area contributed by atoms with Crippen LogP contribution in [0.15, 0.2) is 46.9 Å². The Bertz CT molecular complexity index is 477. The molecule has 2 rings (SSSR count). The van der Waals surface area contributed by atoms with Crippen molar-refractivity contribution in [3.63, 3.8) is 0 Å². The van der Waals surface area contributed by atoms with Crippen LogP contribution in [0.4, 0.5) is 0 Å². The Morgan fingerprint density at radius 3 is 2.00 bits per heavy atom. The molecule has 0 aliphatic heterocycles. The molecule has 0 aliphatic carbocycles. The van der Waals surface area contributed by atoms with E-state index in [2.05, 4.69) is 28.1 Å². The van der Waals surface area contributed by atoms with Gasteiger partial charge in [-0.1, -0.05) is 0 Å². The average Bonchev–Trinajstić information content (AvgIpc) is 2.26. The standard InChI is InChI=1S/C12H7BrCl2Se/c13-8-4-6-9(7-5-8)16-12-10(14)2-1-3-11(12)15/h1-7H. The number of rotatable bonds is 2. The molecule has 0 bridgehead atoms. The molecule has 0 spiro atoms. The molecule has 4 heteroatoms. The van der Waals surface area contributed by atoms with Gasteiger partial charge in [-0.25, -0.2) is 0 Å². The summed E-state index contributed by atoms with van der Waals surface area (Å²) in [5.74, 6) is 0. The van der Waals surface area contributed by atoms with Crippen LogP contribution in [-0.4, -0.2) is 15.0 Å². The molecule has 0 unspecified atom stereocenters. The summed E-state index contributed by atoms with van der Waals surface area (Å²) in [5.41, 5.74) is 0. The number of halogens is 3. The van der Waals surface area contributed by atoms with Crippen LogP contribution in [0.3, 0.4) is 0 Å². The van der Waals surface area contributed by atoms with E-state index in [1.54, 1.807) is 0 Å². The van der Waals surface area contributed by atoms with Crippen LogP contribution >= 0.6 is 39.1 Å². The van der Waals surface area contributed by atoms with Gasteiger partial charge in [0.05, 0.1) is 0 Å². The van der Waals surface area contributed by atoms with Crippen molar-refractivity contribution in [2.45, 2.75) is 0 Å². The molecule has 2 aromatic carbocycles. The van der Waals surface area contributed by atoms with E-state index in [1.165, 1.54) is 4.46 Å². The summed E-state index contributed by atoms with van der Waals surface area (Å²) in [6, 6.07) is 13.9. The van der Waals surface area contributed by atoms with Crippen molar-refractivity contribution in [2.24, 2.45) is 0 Å². The van der Waals surface area contributed by atoms with Crippen molar-refractivity contribution < 1.29 is 0 Å². The van der Waals surface area contributed by atoms with E-state index >= 15 is 0 Å². The van der Waals surface area contributed by atoms with Crippen molar-refractivity contribution in [3.8, 4) is 0 Å². The van der Waals surface area contributed by atoms with Crippen LogP contribution in [0.5, 0.6) is 0 Å². The number of hydrogen-bond donors (Lipinski definition) is 0. The molecular weight excluding hydrogens is 374 g/mol. The zero-order valence-corrected chi connectivity index (χ0v) is 12.9. The zero-order chi connectivity index (χ0) is 11.5. The molecule has 0 saturated heterocycles. The van der Waals surface area contributed by atoms with Gasteiger partial charge >= 0.3 is 120 Å². The molecule has 0 aromatic heterocycles. The van der Waals surface area contributed by atoms with E-state index in [1.807, 2.05) is 30.3 Å². The third-order valence-electron chi connectivity index (χ3n) is 1.95. The van der Waals surface area contributed by atoms with Crippen LogP contribution in [0.25, 0.3) is 0 Å². The first-order valence-electron chi connectivity index (χ1n) is 4.54. The first kappa shape index (κ1) is 12.5. The predicted octanol–water partition coefficient (Wildman–Crippen LogP) is 3.41. The molecular formula is C12H7BrCl2Se. The van der Waals surface area contributed by atoms with Crippen LogP contribution in [0.2, 0.25) is 10.0 Å². The van der Waals surface area contributed by atoms with E-state index in [0.29, 0.717) is 0 Å². The molecule has 0 heterocycles. The van der Waals surface area contributed by atoms with Crippen molar-refractivity contribution in [3.05, 3.63) is 57.0 Å². The molecule has 0 amide bonds. The third kappa shape index (κ3) is 3.03. The van der Waals surface area contributed by atoms with Gasteiger partial charge in [-0.15, -0.1) is 0 Å². The Labute approximate surface area is 119 Å². The second kappa shape index (κ2) is 5.57. The normalized spacial score (nSPS) is 10.4. The molecule has 2 aromatic rings. The SMILES string of the molecule is Clc1cccc(Cl)c1[Se]c1ccc(Br)cc1. The van der Waals surface area contributed by atoms with Gasteiger partial charge in [0.15, 0.2) is 0 Å². The topological polar surface area (TPSA) is 0 Å². The van der Waals surface area contributed by atoms with E-state index in [9.17, 15) is 0 Å². The Morgan fingerprint density at radius 2 is 1.44 bits per heavy atom. The molecule has 0 atom stereocenters. The summed E-state index contributed by atoms with van der Waals surface area (Å²) in [6.45, 7) is 0. The van der Waals surface area contributed by atoms with Gasteiger partial charge in [0, 0.05) is 0 Å². The second-order valence-corrected chi connectivity index (χ2v) is 7.11. The maximum atomic E-state index is 6.13. The van der Waals surface area contributed by atoms with Gasteiger partial charge in [-0.3, -0.25) is 0 Å². The summed E-state index contributed by atoms with van der Waals surface area (Å²) < 4.78 is 3.38. The van der Waals surface area contributed by atoms with Crippen molar-refractivity contribution in [1.82, 2.24) is 0 Å². The minimum absolute atomic E-state index is 0.149. The van der Waals surface area contributed by atoms with Crippen LogP contribution < -0.4 is 8.92 Å². The monoisotopic (exact) mass is 380 g/mol. The molecule has 0 fully saturated rings. The van der Waals surface area contributed by atoms with Gasteiger partial charge in [-0.05, 0) is 0 Å². The Kier molecular flexibility index (Phi) is 4.34. The summed E-state index contributed by atoms with van der Waals surface area (Å²) in [7, 11) is 0. The number of hydrogen-bond acceptors (Lipinski definition) is 0. The fourth-order valence-corrected chi connectivity index (χ4v) is 4.02. The molecule has 16 heavy (non-hydrogen) atoms. The van der Waals surface area contributed by atoms with Gasteiger partial charge in [0.1, 0.15) is 0 Å². The Balaban J connectivity index is 2.30. The van der Waals surface area contributed by atoms with Gasteiger partial charge in [-0.2, -0.15) is 0 Å². The summed E-state index contributed by atoms with van der Waals surface area (Å²) in [6.07, 6.45) is 0. The van der Waals surface area contributed by atoms with Gasteiger partial charge in [0.25, 0.3) is 0 Å². The average molecular weight is 381 g/mol. The summed E-state index contributed by atoms with van der Waals surface area (Å²) in [4.78, 5) is 0. The van der Waals surface area contributed by atoms with Crippen LogP contribution in [0.1, 0.15) is 0 Å². The van der Waals surface area contributed by atoms with E-state index in [0.717, 1.165) is 19.0 Å².